The van der Waals surface area contributed by atoms with Gasteiger partial charge in [-0.1, -0.05) is 30.3 Å². The first-order valence-electron chi connectivity index (χ1n) is 11.9. The summed E-state index contributed by atoms with van der Waals surface area (Å²) in [6.45, 7) is 10.3. The van der Waals surface area contributed by atoms with Crippen LogP contribution in [0, 0.1) is 5.92 Å². The van der Waals surface area contributed by atoms with Gasteiger partial charge in [0.25, 0.3) is 0 Å². The Morgan fingerprint density at radius 2 is 1.59 bits per heavy atom. The number of ether oxygens (including phenoxy) is 2. The highest BCUT2D eigenvalue weighted by Crippen LogP contribution is 2.34. The highest BCUT2D eigenvalue weighted by Gasteiger charge is 2.51. The predicted octanol–water partition coefficient (Wildman–Crippen LogP) is 4.86. The van der Waals surface area contributed by atoms with E-state index < -0.39 is 41.3 Å². The zero-order valence-electron chi connectivity index (χ0n) is 21.9. The number of aryl methyl sites for hydroxylation is 1. The zero-order chi connectivity index (χ0) is 27.5. The Morgan fingerprint density at radius 3 is 2.11 bits per heavy atom. The van der Waals surface area contributed by atoms with Gasteiger partial charge in [0, 0.05) is 17.6 Å². The Labute approximate surface area is 220 Å². The summed E-state index contributed by atoms with van der Waals surface area (Å²) in [7, 11) is 0. The largest absolute Gasteiger partial charge is 0.480 e. The van der Waals surface area contributed by atoms with Gasteiger partial charge in [-0.25, -0.2) is 19.4 Å². The molecule has 3 rings (SSSR count). The minimum atomic E-state index is -1.05. The van der Waals surface area contributed by atoms with Gasteiger partial charge in [-0.05, 0) is 59.9 Å². The summed E-state index contributed by atoms with van der Waals surface area (Å²) in [5.74, 6) is -1.93. The van der Waals surface area contributed by atoms with Crippen LogP contribution in [0.4, 0.5) is 14.7 Å². The fourth-order valence-corrected chi connectivity index (χ4v) is 4.73. The third kappa shape index (κ3) is 7.28. The molecule has 2 aromatic rings. The smallest absolute Gasteiger partial charge is 0.426 e. The molecule has 0 bridgehead atoms. The molecule has 1 aliphatic rings. The lowest BCUT2D eigenvalue weighted by Crippen LogP contribution is -2.63. The summed E-state index contributed by atoms with van der Waals surface area (Å²) >= 11 is 1.08. The second kappa shape index (κ2) is 10.9. The van der Waals surface area contributed by atoms with E-state index in [9.17, 15) is 24.3 Å². The number of carboxylic acid groups (broad SMARTS) is 1. The molecule has 0 aliphatic carbocycles. The molecule has 1 aromatic carbocycles. The van der Waals surface area contributed by atoms with Crippen LogP contribution in [0.25, 0.3) is 0 Å². The Hall–Kier alpha value is -3.47. The van der Waals surface area contributed by atoms with E-state index >= 15 is 0 Å². The van der Waals surface area contributed by atoms with Crippen molar-refractivity contribution in [2.24, 2.45) is 5.92 Å². The average Bonchev–Trinajstić information content (AvgIpc) is 3.21. The highest BCUT2D eigenvalue weighted by atomic mass is 32.1. The van der Waals surface area contributed by atoms with Gasteiger partial charge < -0.3 is 19.5 Å². The lowest BCUT2D eigenvalue weighted by atomic mass is 9.83. The topological polar surface area (TPSA) is 126 Å². The van der Waals surface area contributed by atoms with Crippen molar-refractivity contribution in [1.29, 1.82) is 0 Å². The minimum Gasteiger partial charge on any atom is -0.480 e. The standard InChI is InChI=1S/C26H33N3O7S/c1-25(2,3)35-23(33)29(24(34)36-26(4,5)6)22-27-14-17(37-22)12-13-18-19(21(31)32)28(20(18)30)15-16-10-8-7-9-11-16/h7-11,14,18-19H,12-13,15H2,1-6H3,(H,31,32)/t18-,19+/m1/s1. The number of nitrogens with zero attached hydrogens (tertiary/aromatic N) is 3. The molecular formula is C26H33N3O7S. The number of amides is 3. The fourth-order valence-electron chi connectivity index (χ4n) is 3.82. The van der Waals surface area contributed by atoms with Crippen molar-refractivity contribution in [2.75, 3.05) is 4.90 Å². The zero-order valence-corrected chi connectivity index (χ0v) is 22.7. The summed E-state index contributed by atoms with van der Waals surface area (Å²) in [5.41, 5.74) is -0.837. The SMILES string of the molecule is CC(C)(C)OC(=O)N(C(=O)OC(C)(C)C)c1ncc(CC[C@H]2C(=O)N(Cc3ccccc3)[C@@H]2C(=O)O)s1. The summed E-state index contributed by atoms with van der Waals surface area (Å²) in [6, 6.07) is 8.31. The number of imide groups is 1. The first-order valence-corrected chi connectivity index (χ1v) is 12.8. The minimum absolute atomic E-state index is 0.0684. The van der Waals surface area contributed by atoms with E-state index in [1.807, 2.05) is 30.3 Å². The van der Waals surface area contributed by atoms with E-state index in [4.69, 9.17) is 9.47 Å². The molecule has 1 saturated heterocycles. The molecule has 37 heavy (non-hydrogen) atoms. The van der Waals surface area contributed by atoms with Crippen molar-refractivity contribution in [3.8, 4) is 0 Å². The van der Waals surface area contributed by atoms with Crippen molar-refractivity contribution in [3.05, 3.63) is 47.0 Å². The molecule has 1 N–H and O–H groups in total. The molecule has 2 atom stereocenters. The van der Waals surface area contributed by atoms with Crippen LogP contribution in [0.5, 0.6) is 0 Å². The average molecular weight is 532 g/mol. The second-order valence-electron chi connectivity index (χ2n) is 10.8. The number of carbonyl (C=O) groups is 4. The summed E-state index contributed by atoms with van der Waals surface area (Å²) in [4.78, 5) is 57.3. The van der Waals surface area contributed by atoms with E-state index in [-0.39, 0.29) is 17.6 Å². The first-order chi connectivity index (χ1) is 17.2. The molecule has 11 heteroatoms. The van der Waals surface area contributed by atoms with Crippen LogP contribution in [0.3, 0.4) is 0 Å². The number of hydrogen-bond acceptors (Lipinski definition) is 8. The van der Waals surface area contributed by atoms with Crippen LogP contribution in [0.15, 0.2) is 36.5 Å². The number of carboxylic acids is 1. The molecule has 3 amide bonds. The molecule has 1 fully saturated rings. The molecule has 0 unspecified atom stereocenters. The Kier molecular flexibility index (Phi) is 8.26. The van der Waals surface area contributed by atoms with E-state index in [0.717, 1.165) is 21.8 Å². The number of hydrogen-bond donors (Lipinski definition) is 1. The summed E-state index contributed by atoms with van der Waals surface area (Å²) in [5, 5.41) is 9.81. The van der Waals surface area contributed by atoms with Crippen molar-refractivity contribution in [2.45, 2.75) is 78.2 Å². The monoisotopic (exact) mass is 531 g/mol. The molecule has 0 radical (unpaired) electrons. The third-order valence-corrected chi connectivity index (χ3v) is 6.39. The summed E-state index contributed by atoms with van der Waals surface area (Å²) < 4.78 is 10.8. The van der Waals surface area contributed by atoms with Crippen LogP contribution >= 0.6 is 11.3 Å². The van der Waals surface area contributed by atoms with Gasteiger partial charge >= 0.3 is 18.2 Å². The van der Waals surface area contributed by atoms with E-state index in [2.05, 4.69) is 4.98 Å². The number of anilines is 1. The quantitative estimate of drug-likeness (QED) is 0.502. The number of aliphatic carboxylic acids is 1. The second-order valence-corrected chi connectivity index (χ2v) is 11.9. The van der Waals surface area contributed by atoms with Crippen molar-refractivity contribution in [3.63, 3.8) is 0 Å². The lowest BCUT2D eigenvalue weighted by Gasteiger charge is -2.44. The van der Waals surface area contributed by atoms with Gasteiger partial charge in [0.15, 0.2) is 0 Å². The van der Waals surface area contributed by atoms with Crippen LogP contribution < -0.4 is 4.90 Å². The number of rotatable bonds is 7. The lowest BCUT2D eigenvalue weighted by molar-refractivity contribution is -0.172. The van der Waals surface area contributed by atoms with Gasteiger partial charge in [0.2, 0.25) is 11.0 Å². The van der Waals surface area contributed by atoms with Gasteiger partial charge in [0.05, 0.1) is 5.92 Å². The normalized spacial score (nSPS) is 17.7. The van der Waals surface area contributed by atoms with E-state index in [0.29, 0.717) is 17.7 Å². The predicted molar refractivity (Wildman–Crippen MR) is 137 cm³/mol. The van der Waals surface area contributed by atoms with Crippen molar-refractivity contribution in [1.82, 2.24) is 9.88 Å². The van der Waals surface area contributed by atoms with Crippen LogP contribution in [0.2, 0.25) is 0 Å². The molecule has 0 spiro atoms. The van der Waals surface area contributed by atoms with Gasteiger partial charge in [-0.2, -0.15) is 4.90 Å². The molecule has 200 valence electrons. The van der Waals surface area contributed by atoms with Gasteiger partial charge in [-0.3, -0.25) is 4.79 Å². The number of benzene rings is 1. The number of aromatic nitrogens is 1. The number of carbonyl (C=O) groups excluding carboxylic acids is 3. The number of likely N-dealkylation sites (tertiary alicyclic amines) is 1. The van der Waals surface area contributed by atoms with Gasteiger partial charge in [-0.15, -0.1) is 11.3 Å². The molecule has 0 saturated carbocycles. The Bertz CT molecular complexity index is 1120. The maximum atomic E-state index is 12.8. The maximum Gasteiger partial charge on any atom is 0.426 e. The van der Waals surface area contributed by atoms with Crippen molar-refractivity contribution >= 4 is 40.5 Å². The van der Waals surface area contributed by atoms with Crippen LogP contribution in [-0.4, -0.2) is 56.3 Å². The molecule has 1 aromatic heterocycles. The molecule has 1 aliphatic heterocycles. The maximum absolute atomic E-state index is 12.8. The van der Waals surface area contributed by atoms with Crippen LogP contribution in [0.1, 0.15) is 58.4 Å². The fraction of sp³-hybridized carbons (Fsp3) is 0.500. The van der Waals surface area contributed by atoms with E-state index in [1.54, 1.807) is 41.5 Å². The van der Waals surface area contributed by atoms with E-state index in [1.165, 1.54) is 11.1 Å². The third-order valence-electron chi connectivity index (χ3n) is 5.35. The van der Waals surface area contributed by atoms with Crippen LogP contribution in [-0.2, 0) is 32.0 Å². The molecule has 10 nitrogen and oxygen atoms in total. The Morgan fingerprint density at radius 1 is 1.03 bits per heavy atom. The number of β-lactam (4-membered cyclic amide) rings is 1. The first kappa shape index (κ1) is 28.1. The van der Waals surface area contributed by atoms with Crippen molar-refractivity contribution < 1.29 is 33.8 Å². The summed E-state index contributed by atoms with van der Waals surface area (Å²) in [6.07, 6.45) is 0.316. The molecular weight excluding hydrogens is 498 g/mol. The Balaban J connectivity index is 1.71. The number of thiazole rings is 1. The van der Waals surface area contributed by atoms with Gasteiger partial charge in [0.1, 0.15) is 17.2 Å². The molecule has 2 heterocycles. The highest BCUT2D eigenvalue weighted by molar-refractivity contribution is 7.16.